The molecule has 0 saturated carbocycles. The van der Waals surface area contributed by atoms with Gasteiger partial charge in [0.1, 0.15) is 18.0 Å². The van der Waals surface area contributed by atoms with Crippen molar-refractivity contribution in [3.05, 3.63) is 41.6 Å². The lowest BCUT2D eigenvalue weighted by Gasteiger charge is -2.35. The largest absolute Gasteiger partial charge is 0.353 e. The van der Waals surface area contributed by atoms with Crippen molar-refractivity contribution in [3.8, 4) is 0 Å². The smallest absolute Gasteiger partial charge is 0.238 e. The minimum atomic E-state index is -0.546. The Kier molecular flexibility index (Phi) is 5.10. The van der Waals surface area contributed by atoms with E-state index in [2.05, 4.69) is 25.3 Å². The summed E-state index contributed by atoms with van der Waals surface area (Å²) in [4.78, 5) is 25.1. The molecule has 0 atom stereocenters. The van der Waals surface area contributed by atoms with Crippen molar-refractivity contribution in [2.24, 2.45) is 7.05 Å². The van der Waals surface area contributed by atoms with Gasteiger partial charge in [-0.15, -0.1) is 0 Å². The van der Waals surface area contributed by atoms with Crippen molar-refractivity contribution in [2.45, 2.75) is 0 Å². The van der Waals surface area contributed by atoms with Crippen LogP contribution in [0, 0.1) is 5.82 Å². The summed E-state index contributed by atoms with van der Waals surface area (Å²) in [7, 11) is 1.85. The Morgan fingerprint density at radius 1 is 1.25 bits per heavy atom. The van der Waals surface area contributed by atoms with Crippen molar-refractivity contribution in [3.63, 3.8) is 0 Å². The highest BCUT2D eigenvalue weighted by atomic mass is 35.5. The molecule has 3 aromatic rings. The van der Waals surface area contributed by atoms with E-state index in [9.17, 15) is 9.18 Å². The molecular weight excluding hydrogens is 385 g/mol. The van der Waals surface area contributed by atoms with E-state index in [0.717, 1.165) is 29.9 Å². The Hall–Kier alpha value is -2.78. The van der Waals surface area contributed by atoms with Gasteiger partial charge in [0.2, 0.25) is 5.91 Å². The fourth-order valence-electron chi connectivity index (χ4n) is 3.30. The Labute approximate surface area is 165 Å². The molecule has 1 saturated heterocycles. The van der Waals surface area contributed by atoms with E-state index in [-0.39, 0.29) is 18.1 Å². The first-order valence-corrected chi connectivity index (χ1v) is 9.24. The zero-order valence-electron chi connectivity index (χ0n) is 15.3. The summed E-state index contributed by atoms with van der Waals surface area (Å²) in [6.07, 6.45) is 3.31. The van der Waals surface area contributed by atoms with E-state index in [1.807, 2.05) is 11.9 Å². The number of amides is 1. The first-order valence-electron chi connectivity index (χ1n) is 8.86. The molecule has 1 amide bonds. The summed E-state index contributed by atoms with van der Waals surface area (Å²) in [5, 5.41) is 8.04. The zero-order chi connectivity index (χ0) is 19.7. The molecule has 1 aromatic carbocycles. The van der Waals surface area contributed by atoms with E-state index in [1.54, 1.807) is 23.3 Å². The molecule has 146 valence electrons. The lowest BCUT2D eigenvalue weighted by Crippen LogP contribution is -2.49. The fraction of sp³-hybridized carbons (Fsp3) is 0.333. The van der Waals surface area contributed by atoms with Crippen LogP contribution in [0.5, 0.6) is 0 Å². The predicted molar refractivity (Wildman–Crippen MR) is 105 cm³/mol. The van der Waals surface area contributed by atoms with Crippen molar-refractivity contribution in [2.75, 3.05) is 42.9 Å². The van der Waals surface area contributed by atoms with Gasteiger partial charge in [-0.2, -0.15) is 5.10 Å². The SMILES string of the molecule is Cn1ncc2c(N3CCN(CC(=O)Nc4ccc(Cl)cc4F)CC3)ncnc21. The van der Waals surface area contributed by atoms with E-state index in [0.29, 0.717) is 18.1 Å². The number of aryl methyl sites for hydroxylation is 1. The maximum absolute atomic E-state index is 13.8. The number of halogens is 2. The molecule has 1 aliphatic rings. The minimum absolute atomic E-state index is 0.132. The van der Waals surface area contributed by atoms with Gasteiger partial charge in [0.05, 0.1) is 23.8 Å². The number of benzene rings is 1. The summed E-state index contributed by atoms with van der Waals surface area (Å²) in [6.45, 7) is 3.04. The van der Waals surface area contributed by atoms with Gasteiger partial charge >= 0.3 is 0 Å². The van der Waals surface area contributed by atoms with Gasteiger partial charge in [0.25, 0.3) is 0 Å². The Balaban J connectivity index is 1.35. The number of hydrogen-bond acceptors (Lipinski definition) is 6. The Morgan fingerprint density at radius 3 is 2.79 bits per heavy atom. The molecule has 1 N–H and O–H groups in total. The number of rotatable bonds is 4. The van der Waals surface area contributed by atoms with E-state index in [1.165, 1.54) is 12.1 Å². The monoisotopic (exact) mass is 403 g/mol. The first-order chi connectivity index (χ1) is 13.5. The van der Waals surface area contributed by atoms with Crippen LogP contribution in [0.15, 0.2) is 30.7 Å². The number of hydrogen-bond donors (Lipinski definition) is 1. The van der Waals surface area contributed by atoms with Crippen molar-refractivity contribution >= 4 is 40.0 Å². The van der Waals surface area contributed by atoms with Crippen LogP contribution in [-0.2, 0) is 11.8 Å². The van der Waals surface area contributed by atoms with Crippen LogP contribution in [0.4, 0.5) is 15.9 Å². The Bertz CT molecular complexity index is 1020. The van der Waals surface area contributed by atoms with Gasteiger partial charge in [0, 0.05) is 38.2 Å². The second kappa shape index (κ2) is 7.69. The summed E-state index contributed by atoms with van der Waals surface area (Å²) >= 11 is 5.73. The van der Waals surface area contributed by atoms with Crippen LogP contribution in [0.3, 0.4) is 0 Å². The summed E-state index contributed by atoms with van der Waals surface area (Å²) in [6, 6.07) is 4.18. The summed E-state index contributed by atoms with van der Waals surface area (Å²) in [5.41, 5.74) is 0.921. The molecule has 0 bridgehead atoms. The quantitative estimate of drug-likeness (QED) is 0.717. The molecule has 0 aliphatic carbocycles. The molecule has 2 aromatic heterocycles. The molecular formula is C18H19ClFN7O. The van der Waals surface area contributed by atoms with Gasteiger partial charge in [-0.3, -0.25) is 14.4 Å². The molecule has 1 fully saturated rings. The van der Waals surface area contributed by atoms with Crippen molar-refractivity contribution < 1.29 is 9.18 Å². The van der Waals surface area contributed by atoms with Crippen LogP contribution in [0.1, 0.15) is 0 Å². The number of piperazine rings is 1. The van der Waals surface area contributed by atoms with Crippen LogP contribution in [0.25, 0.3) is 11.0 Å². The highest BCUT2D eigenvalue weighted by Crippen LogP contribution is 2.23. The molecule has 0 spiro atoms. The average Bonchev–Trinajstić information content (AvgIpc) is 3.06. The lowest BCUT2D eigenvalue weighted by atomic mass is 10.2. The van der Waals surface area contributed by atoms with Crippen LogP contribution < -0.4 is 10.2 Å². The number of fused-ring (bicyclic) bond motifs is 1. The topological polar surface area (TPSA) is 79.2 Å². The standard InChI is InChI=1S/C18H19ClFN7O/c1-25-17-13(9-23-25)18(22-11-21-17)27-6-4-26(5-7-27)10-16(28)24-15-3-2-12(19)8-14(15)20/h2-3,8-9,11H,4-7,10H2,1H3,(H,24,28). The number of aromatic nitrogens is 4. The minimum Gasteiger partial charge on any atom is -0.353 e. The average molecular weight is 404 g/mol. The molecule has 3 heterocycles. The van der Waals surface area contributed by atoms with Crippen LogP contribution in [0.2, 0.25) is 5.02 Å². The fourth-order valence-corrected chi connectivity index (χ4v) is 3.46. The Morgan fingerprint density at radius 2 is 2.04 bits per heavy atom. The highest BCUT2D eigenvalue weighted by molar-refractivity contribution is 6.30. The number of carbonyl (C=O) groups is 1. The number of anilines is 2. The van der Waals surface area contributed by atoms with E-state index in [4.69, 9.17) is 11.6 Å². The van der Waals surface area contributed by atoms with Gasteiger partial charge in [-0.25, -0.2) is 14.4 Å². The second-order valence-corrected chi connectivity index (χ2v) is 7.07. The summed E-state index contributed by atoms with van der Waals surface area (Å²) < 4.78 is 15.5. The summed E-state index contributed by atoms with van der Waals surface area (Å²) in [5.74, 6) is 0.0479. The van der Waals surface area contributed by atoms with E-state index >= 15 is 0 Å². The maximum Gasteiger partial charge on any atom is 0.238 e. The van der Waals surface area contributed by atoms with Gasteiger partial charge < -0.3 is 10.2 Å². The molecule has 8 nitrogen and oxygen atoms in total. The lowest BCUT2D eigenvalue weighted by molar-refractivity contribution is -0.117. The first kappa shape index (κ1) is 18.6. The third-order valence-corrected chi connectivity index (χ3v) is 4.99. The molecule has 28 heavy (non-hydrogen) atoms. The third-order valence-electron chi connectivity index (χ3n) is 4.75. The number of nitrogens with zero attached hydrogens (tertiary/aromatic N) is 6. The van der Waals surface area contributed by atoms with Crippen LogP contribution in [-0.4, -0.2) is 63.3 Å². The molecule has 0 unspecified atom stereocenters. The molecule has 0 radical (unpaired) electrons. The normalized spacial score (nSPS) is 15.2. The number of carbonyl (C=O) groups excluding carboxylic acids is 1. The van der Waals surface area contributed by atoms with Gasteiger partial charge in [-0.05, 0) is 18.2 Å². The van der Waals surface area contributed by atoms with Crippen molar-refractivity contribution in [1.82, 2.24) is 24.6 Å². The third kappa shape index (κ3) is 3.76. The highest BCUT2D eigenvalue weighted by Gasteiger charge is 2.22. The second-order valence-electron chi connectivity index (χ2n) is 6.64. The van der Waals surface area contributed by atoms with Crippen molar-refractivity contribution in [1.29, 1.82) is 0 Å². The van der Waals surface area contributed by atoms with E-state index < -0.39 is 5.82 Å². The van der Waals surface area contributed by atoms with Gasteiger partial charge in [0.15, 0.2) is 5.65 Å². The maximum atomic E-state index is 13.8. The molecule has 4 rings (SSSR count). The van der Waals surface area contributed by atoms with Crippen LogP contribution >= 0.6 is 11.6 Å². The predicted octanol–water partition coefficient (Wildman–Crippen LogP) is 1.92. The number of nitrogens with one attached hydrogen (secondary N) is 1. The molecule has 1 aliphatic heterocycles. The zero-order valence-corrected chi connectivity index (χ0v) is 16.0. The van der Waals surface area contributed by atoms with Gasteiger partial charge in [-0.1, -0.05) is 11.6 Å². The molecule has 10 heteroatoms.